The minimum Gasteiger partial charge on any atom is -0.224 e. The lowest BCUT2D eigenvalue weighted by Crippen LogP contribution is -2.10. The topological polar surface area (TPSA) is 57.9 Å². The molecule has 1 rings (SSSR count). The Morgan fingerprint density at radius 2 is 1.88 bits per heavy atom. The Hall–Kier alpha value is -1.60. The van der Waals surface area contributed by atoms with Crippen LogP contribution in [0.15, 0.2) is 35.7 Å². The maximum Gasteiger partial charge on any atom is 0.175 e. The van der Waals surface area contributed by atoms with Gasteiger partial charge in [0.1, 0.15) is 6.07 Å². The first-order valence-electron chi connectivity index (χ1n) is 4.88. The second-order valence-electron chi connectivity index (χ2n) is 3.65. The van der Waals surface area contributed by atoms with Crippen LogP contribution in [0.25, 0.3) is 5.57 Å². The average Bonchev–Trinajstić information content (AvgIpc) is 2.27. The monoisotopic (exact) mass is 235 g/mol. The molecule has 3 nitrogen and oxygen atoms in total. The zero-order valence-corrected chi connectivity index (χ0v) is 10.0. The van der Waals surface area contributed by atoms with Crippen LogP contribution < -0.4 is 0 Å². The fraction of sp³-hybridized carbons (Fsp3) is 0.250. The van der Waals surface area contributed by atoms with E-state index in [1.54, 1.807) is 38.1 Å². The van der Waals surface area contributed by atoms with Crippen LogP contribution >= 0.6 is 0 Å². The summed E-state index contributed by atoms with van der Waals surface area (Å²) in [6.45, 7) is 3.18. The molecule has 0 bridgehead atoms. The zero-order valence-electron chi connectivity index (χ0n) is 9.21. The summed E-state index contributed by atoms with van der Waals surface area (Å²) in [5.74, 6) is 0. The molecule has 0 fully saturated rings. The van der Waals surface area contributed by atoms with Crippen molar-refractivity contribution in [2.24, 2.45) is 0 Å². The molecule has 1 aromatic rings. The molecule has 0 heterocycles. The van der Waals surface area contributed by atoms with Crippen LogP contribution in [0, 0.1) is 11.3 Å². The predicted octanol–water partition coefficient (Wildman–Crippen LogP) is 2.37. The Morgan fingerprint density at radius 1 is 1.31 bits per heavy atom. The van der Waals surface area contributed by atoms with E-state index in [0.29, 0.717) is 5.56 Å². The van der Waals surface area contributed by atoms with Gasteiger partial charge in [-0.15, -0.1) is 0 Å². The third-order valence-electron chi connectivity index (χ3n) is 2.14. The van der Waals surface area contributed by atoms with E-state index in [2.05, 4.69) is 0 Å². The van der Waals surface area contributed by atoms with Crippen LogP contribution in [-0.4, -0.2) is 13.7 Å². The molecule has 1 aromatic carbocycles. The molecule has 0 saturated heterocycles. The van der Waals surface area contributed by atoms with Crippen molar-refractivity contribution < 1.29 is 8.42 Å². The van der Waals surface area contributed by atoms with E-state index >= 15 is 0 Å². The normalized spacial score (nSPS) is 12.5. The number of hydrogen-bond donors (Lipinski definition) is 0. The van der Waals surface area contributed by atoms with Crippen LogP contribution in [0.3, 0.4) is 0 Å². The summed E-state index contributed by atoms with van der Waals surface area (Å²) in [6, 6.07) is 10.7. The predicted molar refractivity (Wildman–Crippen MR) is 64.1 cm³/mol. The Labute approximate surface area is 95.9 Å². The smallest absolute Gasteiger partial charge is 0.175 e. The fourth-order valence-corrected chi connectivity index (χ4v) is 1.87. The van der Waals surface area contributed by atoms with Gasteiger partial charge in [0.2, 0.25) is 0 Å². The van der Waals surface area contributed by atoms with E-state index in [1.165, 1.54) is 0 Å². The van der Waals surface area contributed by atoms with Crippen molar-refractivity contribution in [2.75, 3.05) is 0 Å². The fourth-order valence-electron chi connectivity index (χ4n) is 1.08. The summed E-state index contributed by atoms with van der Waals surface area (Å²) in [6.07, 6.45) is 0. The number of sulfone groups is 1. The van der Waals surface area contributed by atoms with Gasteiger partial charge in [0.15, 0.2) is 9.84 Å². The highest BCUT2D eigenvalue weighted by Crippen LogP contribution is 2.16. The van der Waals surface area contributed by atoms with E-state index < -0.39 is 15.1 Å². The van der Waals surface area contributed by atoms with E-state index in [1.807, 2.05) is 12.1 Å². The molecule has 16 heavy (non-hydrogen) atoms. The van der Waals surface area contributed by atoms with Gasteiger partial charge >= 0.3 is 0 Å². The summed E-state index contributed by atoms with van der Waals surface area (Å²) in [4.78, 5) is 0. The van der Waals surface area contributed by atoms with Gasteiger partial charge in [-0.25, -0.2) is 8.42 Å². The van der Waals surface area contributed by atoms with Crippen molar-refractivity contribution >= 4 is 15.4 Å². The molecule has 0 atom stereocenters. The summed E-state index contributed by atoms with van der Waals surface area (Å²) < 4.78 is 23.3. The lowest BCUT2D eigenvalue weighted by molar-refractivity contribution is 0.596. The summed E-state index contributed by atoms with van der Waals surface area (Å²) >= 11 is 0. The van der Waals surface area contributed by atoms with Crippen LogP contribution in [-0.2, 0) is 9.84 Å². The molecule has 0 aliphatic rings. The largest absolute Gasteiger partial charge is 0.224 e. The molecular weight excluding hydrogens is 222 g/mol. The van der Waals surface area contributed by atoms with E-state index in [9.17, 15) is 8.42 Å². The minimum atomic E-state index is -3.34. The molecule has 0 saturated carbocycles. The van der Waals surface area contributed by atoms with Gasteiger partial charge in [-0.2, -0.15) is 5.26 Å². The van der Waals surface area contributed by atoms with Gasteiger partial charge in [0.05, 0.1) is 10.8 Å². The maximum absolute atomic E-state index is 11.6. The highest BCUT2D eigenvalue weighted by molar-refractivity contribution is 7.95. The molecule has 0 amide bonds. The number of allylic oxidation sites excluding steroid dienone is 1. The van der Waals surface area contributed by atoms with Crippen molar-refractivity contribution in [1.29, 1.82) is 5.26 Å². The van der Waals surface area contributed by atoms with Crippen molar-refractivity contribution in [3.63, 3.8) is 0 Å². The SMILES string of the molecule is CC(C)S(=O)(=O)/C=C(\C#N)c1ccccc1. The summed E-state index contributed by atoms with van der Waals surface area (Å²) in [5, 5.41) is 9.48. The number of benzene rings is 1. The first-order chi connectivity index (χ1) is 7.47. The second-order valence-corrected chi connectivity index (χ2v) is 6.00. The third-order valence-corrected chi connectivity index (χ3v) is 4.02. The molecule has 0 aromatic heterocycles. The standard InChI is InChI=1S/C12H13NO2S/c1-10(2)16(14,15)9-12(8-13)11-6-4-3-5-7-11/h3-7,9-10H,1-2H3/b12-9+. The zero-order chi connectivity index (χ0) is 12.2. The number of hydrogen-bond acceptors (Lipinski definition) is 3. The highest BCUT2D eigenvalue weighted by Gasteiger charge is 2.14. The van der Waals surface area contributed by atoms with Crippen molar-refractivity contribution in [2.45, 2.75) is 19.1 Å². The van der Waals surface area contributed by atoms with Crippen LogP contribution in [0.1, 0.15) is 19.4 Å². The summed E-state index contributed by atoms with van der Waals surface area (Å²) in [7, 11) is -3.34. The Kier molecular flexibility index (Phi) is 3.86. The molecule has 0 spiro atoms. The van der Waals surface area contributed by atoms with Crippen LogP contribution in [0.2, 0.25) is 0 Å². The third kappa shape index (κ3) is 2.94. The summed E-state index contributed by atoms with van der Waals surface area (Å²) in [5.41, 5.74) is 0.795. The van der Waals surface area contributed by atoms with Gasteiger partial charge in [0.25, 0.3) is 0 Å². The second kappa shape index (κ2) is 4.95. The molecule has 84 valence electrons. The molecule has 0 N–H and O–H groups in total. The van der Waals surface area contributed by atoms with Crippen molar-refractivity contribution in [3.05, 3.63) is 41.3 Å². The van der Waals surface area contributed by atoms with Gasteiger partial charge in [0, 0.05) is 5.41 Å². The minimum absolute atomic E-state index is 0.175. The quantitative estimate of drug-likeness (QED) is 0.756. The number of nitrogens with zero attached hydrogens (tertiary/aromatic N) is 1. The lowest BCUT2D eigenvalue weighted by atomic mass is 10.1. The van der Waals surface area contributed by atoms with E-state index in [4.69, 9.17) is 5.26 Å². The van der Waals surface area contributed by atoms with Crippen molar-refractivity contribution in [1.82, 2.24) is 0 Å². The molecule has 4 heteroatoms. The van der Waals surface area contributed by atoms with Gasteiger partial charge in [-0.3, -0.25) is 0 Å². The molecule has 0 aliphatic carbocycles. The Bertz CT molecular complexity index is 522. The van der Waals surface area contributed by atoms with Crippen LogP contribution in [0.4, 0.5) is 0 Å². The molecule has 0 radical (unpaired) electrons. The van der Waals surface area contributed by atoms with E-state index in [0.717, 1.165) is 5.41 Å². The lowest BCUT2D eigenvalue weighted by Gasteiger charge is -2.03. The average molecular weight is 235 g/mol. The van der Waals surface area contributed by atoms with Crippen molar-refractivity contribution in [3.8, 4) is 6.07 Å². The van der Waals surface area contributed by atoms with Gasteiger partial charge < -0.3 is 0 Å². The first-order valence-corrected chi connectivity index (χ1v) is 6.49. The van der Waals surface area contributed by atoms with E-state index in [-0.39, 0.29) is 5.57 Å². The maximum atomic E-state index is 11.6. The van der Waals surface area contributed by atoms with Gasteiger partial charge in [-0.1, -0.05) is 30.3 Å². The highest BCUT2D eigenvalue weighted by atomic mass is 32.2. The first kappa shape index (κ1) is 12.5. The van der Waals surface area contributed by atoms with Crippen LogP contribution in [0.5, 0.6) is 0 Å². The number of rotatable bonds is 3. The molecule has 0 aliphatic heterocycles. The molecule has 0 unspecified atom stereocenters. The Balaban J connectivity index is 3.22. The number of nitriles is 1. The Morgan fingerprint density at radius 3 is 2.31 bits per heavy atom. The molecular formula is C12H13NO2S. The van der Waals surface area contributed by atoms with Gasteiger partial charge in [-0.05, 0) is 19.4 Å².